The normalized spacial score (nSPS) is 23.1. The fourth-order valence-corrected chi connectivity index (χ4v) is 5.50. The van der Waals surface area contributed by atoms with Crippen LogP contribution >= 0.6 is 11.3 Å². The van der Waals surface area contributed by atoms with Crippen LogP contribution in [0.4, 0.5) is 4.79 Å². The van der Waals surface area contributed by atoms with E-state index in [1.54, 1.807) is 6.07 Å². The van der Waals surface area contributed by atoms with E-state index in [0.717, 1.165) is 11.1 Å². The van der Waals surface area contributed by atoms with E-state index in [1.807, 2.05) is 61.7 Å². The monoisotopic (exact) mass is 462 g/mol. The van der Waals surface area contributed by atoms with Gasteiger partial charge in [0.2, 0.25) is 5.78 Å². The summed E-state index contributed by atoms with van der Waals surface area (Å²) >= 11 is 1.40. The summed E-state index contributed by atoms with van der Waals surface area (Å²) in [7, 11) is 0. The fourth-order valence-electron chi connectivity index (χ4n) is 4.85. The van der Waals surface area contributed by atoms with Gasteiger partial charge in [0.05, 0.1) is 4.88 Å². The van der Waals surface area contributed by atoms with Gasteiger partial charge in [-0.05, 0) is 36.9 Å². The van der Waals surface area contributed by atoms with Crippen molar-refractivity contribution in [1.29, 1.82) is 0 Å². The Kier molecular flexibility index (Phi) is 5.37. The maximum Gasteiger partial charge on any atom is 0.318 e. The Morgan fingerprint density at radius 2 is 1.94 bits per heavy atom. The lowest BCUT2D eigenvalue weighted by Crippen LogP contribution is -2.69. The van der Waals surface area contributed by atoms with Crippen LogP contribution < -0.4 is 20.1 Å². The molecular weight excluding hydrogens is 436 g/mol. The minimum atomic E-state index is -0.843. The second-order valence-electron chi connectivity index (χ2n) is 9.29. The number of carbonyl (C=O) groups is 2. The quantitative estimate of drug-likeness (QED) is 0.517. The number of fused-ring (bicyclic) bond motifs is 1. The van der Waals surface area contributed by atoms with Gasteiger partial charge in [0.1, 0.15) is 11.5 Å². The average Bonchev–Trinajstić information content (AvgIpc) is 3.31. The van der Waals surface area contributed by atoms with Crippen LogP contribution in [-0.4, -0.2) is 29.7 Å². The van der Waals surface area contributed by atoms with Gasteiger partial charge in [0.25, 0.3) is 0 Å². The number of Topliss-reactive ketones (excluding diaryl/α,β-unsaturated/α-hetero) is 1. The van der Waals surface area contributed by atoms with E-state index < -0.39 is 11.3 Å². The molecular formula is C26H26N2O4S. The van der Waals surface area contributed by atoms with Crippen LogP contribution in [0, 0.1) is 0 Å². The van der Waals surface area contributed by atoms with Crippen molar-refractivity contribution in [1.82, 2.24) is 10.6 Å². The highest BCUT2D eigenvalue weighted by Gasteiger charge is 2.49. The zero-order valence-electron chi connectivity index (χ0n) is 18.6. The summed E-state index contributed by atoms with van der Waals surface area (Å²) in [6, 6.07) is 19.4. The second-order valence-corrected chi connectivity index (χ2v) is 10.2. The zero-order chi connectivity index (χ0) is 23.1. The van der Waals surface area contributed by atoms with Crippen LogP contribution in [0.15, 0.2) is 66.0 Å². The van der Waals surface area contributed by atoms with Crippen molar-refractivity contribution in [3.05, 3.63) is 82.0 Å². The Labute approximate surface area is 196 Å². The molecule has 2 aliphatic rings. The molecule has 7 heteroatoms. The van der Waals surface area contributed by atoms with Crippen LogP contribution in [0.25, 0.3) is 0 Å². The largest absolute Gasteiger partial charge is 0.485 e. The summed E-state index contributed by atoms with van der Waals surface area (Å²) in [6.45, 7) is 3.96. The number of urea groups is 1. The summed E-state index contributed by atoms with van der Waals surface area (Å²) in [5.74, 6) is 1.21. The van der Waals surface area contributed by atoms with Crippen LogP contribution in [0.3, 0.4) is 0 Å². The lowest BCUT2D eigenvalue weighted by atomic mass is 9.77. The molecule has 33 heavy (non-hydrogen) atoms. The van der Waals surface area contributed by atoms with Crippen molar-refractivity contribution in [3.8, 4) is 11.5 Å². The Morgan fingerprint density at radius 1 is 1.12 bits per heavy atom. The van der Waals surface area contributed by atoms with Gasteiger partial charge in [0.15, 0.2) is 12.3 Å². The molecule has 2 N–H and O–H groups in total. The highest BCUT2D eigenvalue weighted by Crippen LogP contribution is 2.47. The first-order chi connectivity index (χ1) is 15.8. The predicted molar refractivity (Wildman–Crippen MR) is 127 cm³/mol. The first-order valence-corrected chi connectivity index (χ1v) is 11.9. The molecule has 2 aromatic carbocycles. The number of rotatable bonds is 5. The number of ketones is 1. The highest BCUT2D eigenvalue weighted by atomic mass is 32.1. The molecule has 1 spiro atoms. The third kappa shape index (κ3) is 4.46. The Bertz CT molecular complexity index is 1180. The minimum Gasteiger partial charge on any atom is -0.485 e. The van der Waals surface area contributed by atoms with Crippen LogP contribution in [0.5, 0.6) is 11.5 Å². The summed E-state index contributed by atoms with van der Waals surface area (Å²) in [6.07, 6.45) is 1.23. The van der Waals surface area contributed by atoms with E-state index in [9.17, 15) is 9.59 Å². The fraction of sp³-hybridized carbons (Fsp3) is 0.308. The van der Waals surface area contributed by atoms with Gasteiger partial charge in [-0.25, -0.2) is 4.79 Å². The molecule has 0 radical (unpaired) electrons. The molecule has 0 bridgehead atoms. The zero-order valence-corrected chi connectivity index (χ0v) is 19.4. The van der Waals surface area contributed by atoms with Crippen molar-refractivity contribution in [2.75, 3.05) is 6.61 Å². The van der Waals surface area contributed by atoms with Gasteiger partial charge < -0.3 is 20.1 Å². The van der Waals surface area contributed by atoms with Crippen LogP contribution in [0.1, 0.15) is 53.4 Å². The summed E-state index contributed by atoms with van der Waals surface area (Å²) in [5.41, 5.74) is 0.940. The third-order valence-electron chi connectivity index (χ3n) is 6.09. The van der Waals surface area contributed by atoms with Crippen LogP contribution in [-0.2, 0) is 0 Å². The third-order valence-corrected chi connectivity index (χ3v) is 7.00. The first kappa shape index (κ1) is 21.5. The van der Waals surface area contributed by atoms with E-state index in [2.05, 4.69) is 22.8 Å². The minimum absolute atomic E-state index is 0.0414. The molecule has 170 valence electrons. The molecule has 0 aliphatic carbocycles. The number of ether oxygens (including phenoxy) is 2. The Hall–Kier alpha value is -3.32. The van der Waals surface area contributed by atoms with Crippen molar-refractivity contribution in [2.24, 2.45) is 0 Å². The predicted octanol–water partition coefficient (Wildman–Crippen LogP) is 5.10. The van der Waals surface area contributed by atoms with Crippen molar-refractivity contribution >= 4 is 23.2 Å². The molecule has 1 saturated heterocycles. The topological polar surface area (TPSA) is 76.7 Å². The van der Waals surface area contributed by atoms with Gasteiger partial charge in [-0.1, -0.05) is 42.5 Å². The number of hydrogen-bond donors (Lipinski definition) is 2. The molecule has 2 amide bonds. The summed E-state index contributed by atoms with van der Waals surface area (Å²) in [5, 5.41) is 7.90. The van der Waals surface area contributed by atoms with E-state index in [4.69, 9.17) is 9.47 Å². The second kappa shape index (κ2) is 8.23. The van der Waals surface area contributed by atoms with Crippen molar-refractivity contribution in [2.45, 2.75) is 43.9 Å². The van der Waals surface area contributed by atoms with Gasteiger partial charge in [0, 0.05) is 35.9 Å². The van der Waals surface area contributed by atoms with E-state index >= 15 is 0 Å². The van der Waals surface area contributed by atoms with E-state index in [0.29, 0.717) is 29.2 Å². The molecule has 2 atom stereocenters. The first-order valence-electron chi connectivity index (χ1n) is 11.0. The van der Waals surface area contributed by atoms with Crippen molar-refractivity contribution in [3.63, 3.8) is 0 Å². The van der Waals surface area contributed by atoms with Crippen molar-refractivity contribution < 1.29 is 19.1 Å². The maximum absolute atomic E-state index is 12.5. The molecule has 6 nitrogen and oxygen atoms in total. The molecule has 5 rings (SSSR count). The Balaban J connectivity index is 1.47. The molecule has 1 fully saturated rings. The number of carbonyl (C=O) groups excluding carboxylic acids is 2. The molecule has 3 aromatic rings. The molecule has 2 aliphatic heterocycles. The highest BCUT2D eigenvalue weighted by molar-refractivity contribution is 7.12. The molecule has 1 aromatic heterocycles. The van der Waals surface area contributed by atoms with Gasteiger partial charge >= 0.3 is 6.03 Å². The molecule has 0 saturated carbocycles. The lowest BCUT2D eigenvalue weighted by Gasteiger charge is -2.49. The molecule has 2 unspecified atom stereocenters. The lowest BCUT2D eigenvalue weighted by molar-refractivity contribution is -0.0236. The number of thiophene rings is 1. The van der Waals surface area contributed by atoms with E-state index in [-0.39, 0.29) is 24.3 Å². The smallest absolute Gasteiger partial charge is 0.318 e. The van der Waals surface area contributed by atoms with E-state index in [1.165, 1.54) is 11.3 Å². The van der Waals surface area contributed by atoms with Gasteiger partial charge in [-0.15, -0.1) is 11.3 Å². The number of benzene rings is 2. The number of hydrogen-bond acceptors (Lipinski definition) is 5. The summed E-state index contributed by atoms with van der Waals surface area (Å²) in [4.78, 5) is 25.5. The number of nitrogens with one attached hydrogen (secondary N) is 2. The number of amides is 2. The van der Waals surface area contributed by atoms with Gasteiger partial charge in [-0.3, -0.25) is 4.79 Å². The Morgan fingerprint density at radius 3 is 2.67 bits per heavy atom. The maximum atomic E-state index is 12.5. The summed E-state index contributed by atoms with van der Waals surface area (Å²) < 4.78 is 12.3. The average molecular weight is 463 g/mol. The van der Waals surface area contributed by atoms with Gasteiger partial charge in [-0.2, -0.15) is 0 Å². The standard InChI is InChI=1S/C26H26N2O4S/c1-25(2)16-26(28-24(30)27-25)14-20(17-7-4-3-5-8-17)19-11-10-18(13-22(19)32-26)31-15-21(29)23-9-6-12-33-23/h3-13,20H,14-16H2,1-2H3,(H2,27,28,30). The molecule has 3 heterocycles. The SMILES string of the molecule is CC1(C)CC2(CC(c3ccccc3)c3ccc(OCC(=O)c4cccs4)cc3O2)NC(=O)N1. The van der Waals surface area contributed by atoms with Crippen LogP contribution in [0.2, 0.25) is 0 Å².